The maximum atomic E-state index is 6.88. The molecule has 6 aromatic carbocycles. The number of nitrogens with zero attached hydrogens (tertiary/aromatic N) is 4. The smallest absolute Gasteiger partial charge is 0.135 e. The van der Waals surface area contributed by atoms with Crippen LogP contribution in [0.1, 0.15) is 63.8 Å². The summed E-state index contributed by atoms with van der Waals surface area (Å²) in [5, 5.41) is 4.15. The van der Waals surface area contributed by atoms with Crippen molar-refractivity contribution >= 4 is 66.5 Å². The summed E-state index contributed by atoms with van der Waals surface area (Å²) in [6, 6.07) is 47.5. The van der Waals surface area contributed by atoms with Crippen LogP contribution in [0.15, 0.2) is 126 Å². The van der Waals surface area contributed by atoms with E-state index in [1.54, 1.807) is 0 Å². The van der Waals surface area contributed by atoms with Crippen LogP contribution in [0.4, 0.5) is 22.7 Å². The quantitative estimate of drug-likeness (QED) is 0.161. The van der Waals surface area contributed by atoms with Gasteiger partial charge >= 0.3 is 0 Å². The zero-order chi connectivity index (χ0) is 40.1. The number of aryl methyl sites for hydroxylation is 2. The first-order valence-electron chi connectivity index (χ1n) is 20.0. The minimum absolute atomic E-state index is 0. The molecule has 0 saturated carbocycles. The average molecular weight is 953 g/mol. The van der Waals surface area contributed by atoms with Gasteiger partial charge in [0, 0.05) is 61.0 Å². The van der Waals surface area contributed by atoms with Crippen molar-refractivity contribution in [2.45, 2.75) is 66.2 Å². The molecule has 298 valence electrons. The van der Waals surface area contributed by atoms with E-state index >= 15 is 0 Å². The molecule has 3 aromatic heterocycles. The van der Waals surface area contributed by atoms with Crippen molar-refractivity contribution in [2.24, 2.45) is 0 Å². The number of para-hydroxylation sites is 4. The van der Waals surface area contributed by atoms with Crippen molar-refractivity contribution < 1.29 is 30.2 Å². The molecule has 0 fully saturated rings. The molecule has 4 heterocycles. The average Bonchev–Trinajstić information content (AvgIpc) is 3.87. The van der Waals surface area contributed by atoms with E-state index in [2.05, 4.69) is 180 Å². The molecule has 6 nitrogen and oxygen atoms in total. The number of furan rings is 1. The first-order chi connectivity index (χ1) is 27.8. The zero-order valence-corrected chi connectivity index (χ0v) is 36.8. The molecule has 0 bridgehead atoms. The minimum atomic E-state index is -0.0534. The molecule has 10 rings (SSSR count). The number of aromatic nitrogens is 2. The standard InChI is InChI=1S/C52H45N4O2.Pt/c1-32-26-35(52(6,7)8)27-33(2)49(32)55-31-54(41-21-12-13-22-42(41)55)36-16-15-17-37(29-36)57-45-30-43-47(48-39-19-10-14-23-44(39)58-50(45)48)38-18-9-11-20-40(38)56(43)46-28-34(24-25-53-46)51(3,4)5;/h9-28,31H,1-8H3;/q-3;. The topological polar surface area (TPSA) is 46.7 Å². The van der Waals surface area contributed by atoms with Crippen LogP contribution in [0.25, 0.3) is 49.6 Å². The Balaban J connectivity index is 0.00000449. The number of benzene rings is 6. The second kappa shape index (κ2) is 14.2. The number of rotatable bonds is 5. The van der Waals surface area contributed by atoms with Gasteiger partial charge in [0.1, 0.15) is 11.4 Å². The molecule has 0 radical (unpaired) electrons. The molecule has 7 heteroatoms. The Hall–Kier alpha value is -5.84. The largest absolute Gasteiger partial charge is 0.512 e. The van der Waals surface area contributed by atoms with Crippen molar-refractivity contribution in [1.82, 2.24) is 9.55 Å². The molecule has 59 heavy (non-hydrogen) atoms. The Kier molecular flexibility index (Phi) is 9.28. The van der Waals surface area contributed by atoms with Crippen molar-refractivity contribution in [2.75, 3.05) is 9.80 Å². The van der Waals surface area contributed by atoms with Crippen LogP contribution in [0.3, 0.4) is 0 Å². The molecule has 1 aliphatic rings. The summed E-state index contributed by atoms with van der Waals surface area (Å²) in [5.74, 6) is 1.87. The molecular weight excluding hydrogens is 908 g/mol. The van der Waals surface area contributed by atoms with Crippen LogP contribution >= 0.6 is 0 Å². The van der Waals surface area contributed by atoms with Gasteiger partial charge in [0.05, 0.1) is 11.3 Å². The summed E-state index contributed by atoms with van der Waals surface area (Å²) < 4.78 is 15.8. The van der Waals surface area contributed by atoms with Gasteiger partial charge in [-0.05, 0) is 88.7 Å². The monoisotopic (exact) mass is 952 g/mol. The van der Waals surface area contributed by atoms with Gasteiger partial charge in [-0.3, -0.25) is 0 Å². The van der Waals surface area contributed by atoms with Crippen LogP contribution < -0.4 is 14.5 Å². The Morgan fingerprint density at radius 1 is 0.661 bits per heavy atom. The maximum absolute atomic E-state index is 6.88. The molecule has 1 aliphatic heterocycles. The van der Waals surface area contributed by atoms with E-state index in [4.69, 9.17) is 14.1 Å². The fourth-order valence-corrected chi connectivity index (χ4v) is 8.54. The van der Waals surface area contributed by atoms with Crippen LogP contribution in [-0.2, 0) is 31.9 Å². The molecule has 9 aromatic rings. The summed E-state index contributed by atoms with van der Waals surface area (Å²) in [7, 11) is 0. The zero-order valence-electron chi connectivity index (χ0n) is 34.5. The second-order valence-electron chi connectivity index (χ2n) is 17.5. The minimum Gasteiger partial charge on any atom is -0.512 e. The van der Waals surface area contributed by atoms with Crippen LogP contribution in [0, 0.1) is 32.6 Å². The molecular formula is C52H45N4O2Pt-3. The number of hydrogen-bond acceptors (Lipinski definition) is 5. The molecule has 0 atom stereocenters. The molecule has 0 amide bonds. The summed E-state index contributed by atoms with van der Waals surface area (Å²) in [6.07, 6.45) is 1.90. The summed E-state index contributed by atoms with van der Waals surface area (Å²) >= 11 is 0. The first kappa shape index (κ1) is 38.7. The predicted octanol–water partition coefficient (Wildman–Crippen LogP) is 14.1. The number of fused-ring (bicyclic) bond motifs is 8. The van der Waals surface area contributed by atoms with Crippen molar-refractivity contribution in [3.05, 3.63) is 163 Å². The maximum Gasteiger partial charge on any atom is 0.135 e. The first-order valence-corrected chi connectivity index (χ1v) is 20.0. The normalized spacial score (nSPS) is 13.2. The van der Waals surface area contributed by atoms with Gasteiger partial charge in [-0.25, -0.2) is 4.98 Å². The van der Waals surface area contributed by atoms with Gasteiger partial charge < -0.3 is 23.5 Å². The second-order valence-corrected chi connectivity index (χ2v) is 17.5. The van der Waals surface area contributed by atoms with E-state index in [0.29, 0.717) is 17.1 Å². The summed E-state index contributed by atoms with van der Waals surface area (Å²) in [4.78, 5) is 9.42. The summed E-state index contributed by atoms with van der Waals surface area (Å²) in [5.41, 5.74) is 12.5. The van der Waals surface area contributed by atoms with E-state index in [0.717, 1.165) is 61.0 Å². The van der Waals surface area contributed by atoms with E-state index in [1.165, 1.54) is 27.9 Å². The van der Waals surface area contributed by atoms with Gasteiger partial charge in [-0.1, -0.05) is 118 Å². The van der Waals surface area contributed by atoms with Crippen LogP contribution in [0.2, 0.25) is 0 Å². The van der Waals surface area contributed by atoms with Gasteiger partial charge in [0.15, 0.2) is 0 Å². The predicted molar refractivity (Wildman–Crippen MR) is 238 cm³/mol. The van der Waals surface area contributed by atoms with E-state index in [9.17, 15) is 0 Å². The van der Waals surface area contributed by atoms with E-state index in [-0.39, 0.29) is 31.9 Å². The molecule has 0 unspecified atom stereocenters. The van der Waals surface area contributed by atoms with Crippen molar-refractivity contribution in [3.63, 3.8) is 0 Å². The van der Waals surface area contributed by atoms with Gasteiger partial charge in [0.2, 0.25) is 0 Å². The fraction of sp³-hybridized carbons (Fsp3) is 0.192. The summed E-state index contributed by atoms with van der Waals surface area (Å²) in [6.45, 7) is 20.1. The third-order valence-corrected chi connectivity index (χ3v) is 11.5. The Morgan fingerprint density at radius 3 is 2.05 bits per heavy atom. The third kappa shape index (κ3) is 6.40. The van der Waals surface area contributed by atoms with Gasteiger partial charge in [0.25, 0.3) is 0 Å². The molecule has 0 saturated heterocycles. The number of pyridine rings is 1. The molecule has 0 N–H and O–H groups in total. The number of ether oxygens (including phenoxy) is 1. The number of hydrogen-bond donors (Lipinski definition) is 0. The molecule has 0 spiro atoms. The Labute approximate surface area is 360 Å². The van der Waals surface area contributed by atoms with Crippen LogP contribution in [-0.4, -0.2) is 9.55 Å². The Morgan fingerprint density at radius 2 is 1.32 bits per heavy atom. The van der Waals surface area contributed by atoms with Crippen molar-refractivity contribution in [1.29, 1.82) is 0 Å². The fourth-order valence-electron chi connectivity index (χ4n) is 8.54. The van der Waals surface area contributed by atoms with Crippen molar-refractivity contribution in [3.8, 4) is 17.3 Å². The van der Waals surface area contributed by atoms with Gasteiger partial charge in [-0.15, -0.1) is 36.6 Å². The van der Waals surface area contributed by atoms with E-state index in [1.807, 2.05) is 30.5 Å². The number of anilines is 4. The van der Waals surface area contributed by atoms with Crippen LogP contribution in [0.5, 0.6) is 11.5 Å². The van der Waals surface area contributed by atoms with E-state index < -0.39 is 0 Å². The Bertz CT molecular complexity index is 3070. The molecule has 0 aliphatic carbocycles. The third-order valence-electron chi connectivity index (χ3n) is 11.5. The van der Waals surface area contributed by atoms with Gasteiger partial charge in [-0.2, -0.15) is 6.07 Å². The SMILES string of the molecule is Cc1cc(C(C)(C)C)cc(C)c1N1[CH-]N(c2[c-]c(Oc3[c-]c4c(c5ccccc5n4-c4cc(C(C)(C)C)ccn4)c4c3oc3ccccc34)ccc2)c2ccccc21.[Pt].